The molecule has 2 aliphatic heterocycles. The van der Waals surface area contributed by atoms with Crippen molar-refractivity contribution in [3.05, 3.63) is 71.8 Å². The molecule has 2 heteroatoms. The number of rotatable bonds is 4. The lowest BCUT2D eigenvalue weighted by molar-refractivity contribution is 0.306. The Morgan fingerprint density at radius 1 is 1.00 bits per heavy atom. The highest BCUT2D eigenvalue weighted by atomic mass is 16.5. The first kappa shape index (κ1) is 13.6. The first-order valence-corrected chi connectivity index (χ1v) is 8.11. The van der Waals surface area contributed by atoms with Gasteiger partial charge in [-0.2, -0.15) is 0 Å². The summed E-state index contributed by atoms with van der Waals surface area (Å²) < 4.78 is 5.95. The lowest BCUT2D eigenvalue weighted by Gasteiger charge is -2.21. The Labute approximate surface area is 131 Å². The van der Waals surface area contributed by atoms with Crippen LogP contribution in [0, 0.1) is 0 Å². The summed E-state index contributed by atoms with van der Waals surface area (Å²) in [5.74, 6) is 0.952. The molecule has 1 fully saturated rings. The van der Waals surface area contributed by atoms with Crippen LogP contribution in [0.1, 0.15) is 30.4 Å². The maximum absolute atomic E-state index is 5.95. The van der Waals surface area contributed by atoms with Gasteiger partial charge in [-0.3, -0.25) is 0 Å². The highest BCUT2D eigenvalue weighted by Crippen LogP contribution is 2.33. The molecule has 1 saturated heterocycles. The largest absolute Gasteiger partial charge is 0.489 e. The third-order valence-electron chi connectivity index (χ3n) is 4.60. The molecule has 0 aromatic heterocycles. The fourth-order valence-corrected chi connectivity index (χ4v) is 3.46. The fourth-order valence-electron chi connectivity index (χ4n) is 3.46. The summed E-state index contributed by atoms with van der Waals surface area (Å²) in [4.78, 5) is 0. The van der Waals surface area contributed by atoms with Crippen LogP contribution in [0.4, 0.5) is 0 Å². The molecule has 2 nitrogen and oxygen atoms in total. The maximum atomic E-state index is 5.95. The normalized spacial score (nSPS) is 23.2. The van der Waals surface area contributed by atoms with E-state index in [1.54, 1.807) is 0 Å². The van der Waals surface area contributed by atoms with Crippen molar-refractivity contribution in [2.75, 3.05) is 0 Å². The van der Waals surface area contributed by atoms with Crippen molar-refractivity contribution >= 4 is 5.57 Å². The van der Waals surface area contributed by atoms with Crippen LogP contribution in [-0.4, -0.2) is 12.1 Å². The van der Waals surface area contributed by atoms with Crippen LogP contribution in [0.15, 0.2) is 60.7 Å². The van der Waals surface area contributed by atoms with E-state index in [1.165, 1.54) is 29.5 Å². The van der Waals surface area contributed by atoms with Crippen LogP contribution in [0.3, 0.4) is 0 Å². The molecular weight excluding hydrogens is 270 g/mol. The van der Waals surface area contributed by atoms with Gasteiger partial charge in [-0.05, 0) is 48.1 Å². The molecule has 0 spiro atoms. The first-order valence-electron chi connectivity index (χ1n) is 8.11. The van der Waals surface area contributed by atoms with Crippen molar-refractivity contribution in [2.45, 2.75) is 38.0 Å². The van der Waals surface area contributed by atoms with E-state index in [0.29, 0.717) is 18.7 Å². The molecule has 0 radical (unpaired) electrons. The summed E-state index contributed by atoms with van der Waals surface area (Å²) in [5.41, 5.74) is 3.98. The molecule has 22 heavy (non-hydrogen) atoms. The average molecular weight is 291 g/mol. The first-order chi connectivity index (χ1) is 10.9. The third-order valence-corrected chi connectivity index (χ3v) is 4.60. The van der Waals surface area contributed by atoms with Gasteiger partial charge in [-0.25, -0.2) is 0 Å². The monoisotopic (exact) mass is 291 g/mol. The number of benzene rings is 2. The van der Waals surface area contributed by atoms with Crippen molar-refractivity contribution in [3.8, 4) is 5.75 Å². The number of hydrogen-bond acceptors (Lipinski definition) is 2. The number of nitrogens with one attached hydrogen (secondary N) is 1. The van der Waals surface area contributed by atoms with Gasteiger partial charge in [0.2, 0.25) is 0 Å². The van der Waals surface area contributed by atoms with E-state index in [2.05, 4.69) is 41.7 Å². The summed E-state index contributed by atoms with van der Waals surface area (Å²) in [6, 6.07) is 20.1. The molecule has 2 heterocycles. The maximum Gasteiger partial charge on any atom is 0.120 e. The van der Waals surface area contributed by atoms with Gasteiger partial charge in [-0.15, -0.1) is 0 Å². The van der Waals surface area contributed by atoms with Crippen LogP contribution in [-0.2, 0) is 6.61 Å². The van der Waals surface area contributed by atoms with Crippen molar-refractivity contribution in [3.63, 3.8) is 0 Å². The minimum atomic E-state index is 0.572. The van der Waals surface area contributed by atoms with E-state index in [4.69, 9.17) is 4.74 Å². The summed E-state index contributed by atoms with van der Waals surface area (Å²) in [7, 11) is 0. The summed E-state index contributed by atoms with van der Waals surface area (Å²) in [6.07, 6.45) is 6.12. The van der Waals surface area contributed by atoms with Crippen molar-refractivity contribution < 1.29 is 4.74 Å². The zero-order valence-electron chi connectivity index (χ0n) is 12.7. The van der Waals surface area contributed by atoms with Gasteiger partial charge in [0.25, 0.3) is 0 Å². The van der Waals surface area contributed by atoms with E-state index in [0.717, 1.165) is 12.2 Å². The number of fused-ring (bicyclic) bond motifs is 2. The molecule has 2 aromatic carbocycles. The zero-order valence-corrected chi connectivity index (χ0v) is 12.7. The molecule has 2 aromatic rings. The van der Waals surface area contributed by atoms with Gasteiger partial charge in [0.15, 0.2) is 0 Å². The van der Waals surface area contributed by atoms with Crippen LogP contribution in [0.25, 0.3) is 5.57 Å². The van der Waals surface area contributed by atoms with E-state index < -0.39 is 0 Å². The minimum Gasteiger partial charge on any atom is -0.489 e. The summed E-state index contributed by atoms with van der Waals surface area (Å²) in [5, 5.41) is 3.64. The molecule has 4 rings (SSSR count). The van der Waals surface area contributed by atoms with Crippen LogP contribution >= 0.6 is 0 Å². The Hall–Kier alpha value is -2.06. The predicted molar refractivity (Wildman–Crippen MR) is 89.8 cm³/mol. The summed E-state index contributed by atoms with van der Waals surface area (Å²) >= 11 is 0. The molecular formula is C20H21NO. The van der Waals surface area contributed by atoms with Crippen molar-refractivity contribution in [1.82, 2.24) is 5.32 Å². The summed E-state index contributed by atoms with van der Waals surface area (Å²) in [6.45, 7) is 0.621. The molecule has 0 saturated carbocycles. The Bertz CT molecular complexity index is 677. The third kappa shape index (κ3) is 2.93. The highest BCUT2D eigenvalue weighted by Gasteiger charge is 2.28. The second-order valence-corrected chi connectivity index (χ2v) is 6.25. The molecule has 0 aliphatic carbocycles. The van der Waals surface area contributed by atoms with Gasteiger partial charge in [0, 0.05) is 12.1 Å². The lowest BCUT2D eigenvalue weighted by Crippen LogP contribution is -2.31. The zero-order chi connectivity index (χ0) is 14.8. The van der Waals surface area contributed by atoms with Crippen LogP contribution in [0.5, 0.6) is 5.75 Å². The molecule has 2 bridgehead atoms. The predicted octanol–water partition coefficient (Wildman–Crippen LogP) is 4.17. The van der Waals surface area contributed by atoms with Gasteiger partial charge in [0.05, 0.1) is 0 Å². The highest BCUT2D eigenvalue weighted by molar-refractivity contribution is 5.69. The Kier molecular flexibility index (Phi) is 3.69. The van der Waals surface area contributed by atoms with Crippen LogP contribution < -0.4 is 10.1 Å². The van der Waals surface area contributed by atoms with Gasteiger partial charge in [-0.1, -0.05) is 48.5 Å². The van der Waals surface area contributed by atoms with E-state index in [-0.39, 0.29) is 0 Å². The lowest BCUT2D eigenvalue weighted by atomic mass is 9.96. The smallest absolute Gasteiger partial charge is 0.120 e. The van der Waals surface area contributed by atoms with E-state index in [1.807, 2.05) is 24.3 Å². The van der Waals surface area contributed by atoms with Crippen LogP contribution in [0.2, 0.25) is 0 Å². The molecule has 2 atom stereocenters. The Balaban J connectivity index is 1.49. The van der Waals surface area contributed by atoms with Gasteiger partial charge in [0.1, 0.15) is 12.4 Å². The molecule has 0 amide bonds. The second kappa shape index (κ2) is 5.98. The standard InChI is InChI=1S/C20H21NO/c1-2-5-15(6-3-1)14-22-20-8-4-7-16(13-20)17-11-18-9-10-19(12-17)21-18/h1-8,11,13,18-19,21H,9-10,12,14H2. The molecule has 2 unspecified atom stereocenters. The van der Waals surface area contributed by atoms with Crippen molar-refractivity contribution in [2.24, 2.45) is 0 Å². The number of hydrogen-bond donors (Lipinski definition) is 1. The minimum absolute atomic E-state index is 0.572. The van der Waals surface area contributed by atoms with Gasteiger partial charge < -0.3 is 10.1 Å². The molecule has 112 valence electrons. The van der Waals surface area contributed by atoms with Gasteiger partial charge >= 0.3 is 0 Å². The van der Waals surface area contributed by atoms with Crippen molar-refractivity contribution in [1.29, 1.82) is 0 Å². The SMILES string of the molecule is C1=C(c2cccc(OCc3ccccc3)c2)CC2CCC1N2. The molecule has 1 N–H and O–H groups in total. The topological polar surface area (TPSA) is 21.3 Å². The Morgan fingerprint density at radius 3 is 2.77 bits per heavy atom. The quantitative estimate of drug-likeness (QED) is 0.912. The molecule has 2 aliphatic rings. The second-order valence-electron chi connectivity index (χ2n) is 6.25. The van der Waals surface area contributed by atoms with E-state index in [9.17, 15) is 0 Å². The van der Waals surface area contributed by atoms with E-state index >= 15 is 0 Å². The fraction of sp³-hybridized carbons (Fsp3) is 0.300. The number of ether oxygens (including phenoxy) is 1. The Morgan fingerprint density at radius 2 is 1.91 bits per heavy atom. The average Bonchev–Trinajstić information content (AvgIpc) is 2.92.